The van der Waals surface area contributed by atoms with Crippen molar-refractivity contribution < 1.29 is 0 Å². The third-order valence-corrected chi connectivity index (χ3v) is 3.93. The Bertz CT molecular complexity index is 383. The summed E-state index contributed by atoms with van der Waals surface area (Å²) in [5.41, 5.74) is 3.15. The van der Waals surface area contributed by atoms with Crippen molar-refractivity contribution in [3.05, 3.63) is 29.8 Å². The molecule has 1 aliphatic rings. The third kappa shape index (κ3) is 4.24. The third-order valence-electron chi connectivity index (χ3n) is 3.93. The molecule has 0 atom stereocenters. The molecule has 2 heteroatoms. The molecule has 1 N–H and O–H groups in total. The second-order valence-corrected chi connectivity index (χ2v) is 7.00. The first-order valence-electron chi connectivity index (χ1n) is 7.48. The number of anilines is 1. The minimum Gasteiger partial charge on any atom is -0.372 e. The van der Waals surface area contributed by atoms with Gasteiger partial charge in [-0.2, -0.15) is 0 Å². The van der Waals surface area contributed by atoms with Crippen LogP contribution in [0.15, 0.2) is 24.3 Å². The number of nitrogens with one attached hydrogen (secondary N) is 1. The van der Waals surface area contributed by atoms with Crippen LogP contribution in [0.4, 0.5) is 5.69 Å². The standard InChI is InChI=1S/C17H28N2/c1-17(2,3)13-14-5-7-15(8-6-14)19(4)16-9-11-18-12-10-16/h5-8,16,18H,9-13H2,1-4H3. The second-order valence-electron chi connectivity index (χ2n) is 7.00. The van der Waals surface area contributed by atoms with Crippen molar-refractivity contribution in [2.45, 2.75) is 46.1 Å². The smallest absolute Gasteiger partial charge is 0.0366 e. The first-order valence-corrected chi connectivity index (χ1v) is 7.48. The molecule has 19 heavy (non-hydrogen) atoms. The molecule has 0 radical (unpaired) electrons. The molecular weight excluding hydrogens is 232 g/mol. The monoisotopic (exact) mass is 260 g/mol. The van der Waals surface area contributed by atoms with Gasteiger partial charge in [-0.1, -0.05) is 32.9 Å². The zero-order valence-electron chi connectivity index (χ0n) is 12.9. The molecule has 2 rings (SSSR count). The Morgan fingerprint density at radius 2 is 1.68 bits per heavy atom. The summed E-state index contributed by atoms with van der Waals surface area (Å²) in [6, 6.07) is 9.83. The summed E-state index contributed by atoms with van der Waals surface area (Å²) < 4.78 is 0. The number of hydrogen-bond donors (Lipinski definition) is 1. The summed E-state index contributed by atoms with van der Waals surface area (Å²) in [7, 11) is 2.23. The van der Waals surface area contributed by atoms with E-state index in [4.69, 9.17) is 0 Å². The van der Waals surface area contributed by atoms with Gasteiger partial charge in [-0.05, 0) is 55.5 Å². The molecule has 1 aromatic rings. The van der Waals surface area contributed by atoms with E-state index in [1.165, 1.54) is 24.1 Å². The zero-order chi connectivity index (χ0) is 13.9. The van der Waals surface area contributed by atoms with Gasteiger partial charge in [0.15, 0.2) is 0 Å². The van der Waals surface area contributed by atoms with Crippen LogP contribution in [0.3, 0.4) is 0 Å². The number of benzene rings is 1. The molecule has 106 valence electrons. The minimum absolute atomic E-state index is 0.364. The predicted molar refractivity (Wildman–Crippen MR) is 83.9 cm³/mol. The molecule has 1 aliphatic heterocycles. The maximum atomic E-state index is 3.43. The van der Waals surface area contributed by atoms with E-state index in [9.17, 15) is 0 Å². The highest BCUT2D eigenvalue weighted by atomic mass is 15.1. The molecule has 1 heterocycles. The van der Waals surface area contributed by atoms with E-state index in [2.05, 4.69) is 62.3 Å². The van der Waals surface area contributed by atoms with Crippen LogP contribution in [0.25, 0.3) is 0 Å². The van der Waals surface area contributed by atoms with Crippen molar-refractivity contribution in [3.8, 4) is 0 Å². The van der Waals surface area contributed by atoms with Crippen LogP contribution in [0.2, 0.25) is 0 Å². The lowest BCUT2D eigenvalue weighted by atomic mass is 9.88. The van der Waals surface area contributed by atoms with E-state index < -0.39 is 0 Å². The number of nitrogens with zero attached hydrogens (tertiary/aromatic N) is 1. The molecule has 0 saturated carbocycles. The number of rotatable bonds is 3. The molecule has 1 fully saturated rings. The SMILES string of the molecule is CN(c1ccc(CC(C)(C)C)cc1)C1CCNCC1. The Kier molecular flexibility index (Phi) is 4.51. The zero-order valence-corrected chi connectivity index (χ0v) is 12.9. The lowest BCUT2D eigenvalue weighted by Gasteiger charge is -2.33. The van der Waals surface area contributed by atoms with Gasteiger partial charge in [0, 0.05) is 18.8 Å². The summed E-state index contributed by atoms with van der Waals surface area (Å²) in [6.45, 7) is 9.18. The molecule has 0 bridgehead atoms. The summed E-state index contributed by atoms with van der Waals surface area (Å²) >= 11 is 0. The highest BCUT2D eigenvalue weighted by Crippen LogP contribution is 2.24. The highest BCUT2D eigenvalue weighted by molar-refractivity contribution is 5.48. The molecule has 0 unspecified atom stereocenters. The first-order chi connectivity index (χ1) is 8.96. The lowest BCUT2D eigenvalue weighted by Crippen LogP contribution is -2.41. The Morgan fingerprint density at radius 1 is 1.11 bits per heavy atom. The van der Waals surface area contributed by atoms with Crippen LogP contribution in [0.5, 0.6) is 0 Å². The summed E-state index contributed by atoms with van der Waals surface area (Å²) in [5, 5.41) is 3.43. The molecule has 0 spiro atoms. The van der Waals surface area contributed by atoms with Crippen molar-refractivity contribution in [3.63, 3.8) is 0 Å². The average Bonchev–Trinajstić information content (AvgIpc) is 2.38. The van der Waals surface area contributed by atoms with Gasteiger partial charge in [0.1, 0.15) is 0 Å². The molecule has 1 aromatic carbocycles. The van der Waals surface area contributed by atoms with Crippen LogP contribution in [-0.4, -0.2) is 26.2 Å². The van der Waals surface area contributed by atoms with E-state index >= 15 is 0 Å². The summed E-state index contributed by atoms with van der Waals surface area (Å²) in [4.78, 5) is 2.45. The number of piperidine rings is 1. The van der Waals surface area contributed by atoms with E-state index in [0.29, 0.717) is 11.5 Å². The van der Waals surface area contributed by atoms with Crippen molar-refractivity contribution in [1.82, 2.24) is 5.32 Å². The Hall–Kier alpha value is -1.02. The van der Waals surface area contributed by atoms with Gasteiger partial charge in [0.2, 0.25) is 0 Å². The van der Waals surface area contributed by atoms with Crippen LogP contribution in [0.1, 0.15) is 39.2 Å². The topological polar surface area (TPSA) is 15.3 Å². The van der Waals surface area contributed by atoms with Gasteiger partial charge in [-0.3, -0.25) is 0 Å². The van der Waals surface area contributed by atoms with Gasteiger partial charge in [-0.25, -0.2) is 0 Å². The van der Waals surface area contributed by atoms with E-state index in [1.807, 2.05) is 0 Å². The van der Waals surface area contributed by atoms with Gasteiger partial charge in [-0.15, -0.1) is 0 Å². The largest absolute Gasteiger partial charge is 0.372 e. The lowest BCUT2D eigenvalue weighted by molar-refractivity contribution is 0.411. The predicted octanol–water partition coefficient (Wildman–Crippen LogP) is 3.46. The van der Waals surface area contributed by atoms with E-state index in [1.54, 1.807) is 0 Å². The first kappa shape index (κ1) is 14.4. The van der Waals surface area contributed by atoms with Gasteiger partial charge in [0.25, 0.3) is 0 Å². The molecular formula is C17H28N2. The fourth-order valence-electron chi connectivity index (χ4n) is 2.87. The molecule has 0 aromatic heterocycles. The van der Waals surface area contributed by atoms with Crippen LogP contribution in [-0.2, 0) is 6.42 Å². The van der Waals surface area contributed by atoms with Crippen molar-refractivity contribution in [2.75, 3.05) is 25.0 Å². The molecule has 2 nitrogen and oxygen atoms in total. The Morgan fingerprint density at radius 3 is 2.21 bits per heavy atom. The average molecular weight is 260 g/mol. The fraction of sp³-hybridized carbons (Fsp3) is 0.647. The fourth-order valence-corrected chi connectivity index (χ4v) is 2.87. The minimum atomic E-state index is 0.364. The van der Waals surface area contributed by atoms with E-state index in [-0.39, 0.29) is 0 Å². The van der Waals surface area contributed by atoms with Gasteiger partial charge in [0.05, 0.1) is 0 Å². The summed E-state index contributed by atoms with van der Waals surface area (Å²) in [6.07, 6.45) is 3.64. The quantitative estimate of drug-likeness (QED) is 0.895. The number of hydrogen-bond acceptors (Lipinski definition) is 2. The maximum Gasteiger partial charge on any atom is 0.0366 e. The highest BCUT2D eigenvalue weighted by Gasteiger charge is 2.18. The van der Waals surface area contributed by atoms with Gasteiger partial charge < -0.3 is 10.2 Å². The molecule has 1 saturated heterocycles. The summed E-state index contributed by atoms with van der Waals surface area (Å²) in [5.74, 6) is 0. The van der Waals surface area contributed by atoms with Gasteiger partial charge >= 0.3 is 0 Å². The Labute approximate surface area is 118 Å². The normalized spacial score (nSPS) is 17.5. The van der Waals surface area contributed by atoms with Crippen LogP contribution < -0.4 is 10.2 Å². The maximum absolute atomic E-state index is 3.43. The molecule has 0 amide bonds. The van der Waals surface area contributed by atoms with Crippen molar-refractivity contribution in [1.29, 1.82) is 0 Å². The Balaban J connectivity index is 2.01. The molecule has 0 aliphatic carbocycles. The van der Waals surface area contributed by atoms with Crippen LogP contribution in [0, 0.1) is 5.41 Å². The van der Waals surface area contributed by atoms with E-state index in [0.717, 1.165) is 19.5 Å². The second kappa shape index (κ2) is 5.96. The van der Waals surface area contributed by atoms with Crippen LogP contribution >= 0.6 is 0 Å². The van der Waals surface area contributed by atoms with Crippen molar-refractivity contribution in [2.24, 2.45) is 5.41 Å². The van der Waals surface area contributed by atoms with Crippen molar-refractivity contribution >= 4 is 5.69 Å².